The maximum atomic E-state index is 13.0. The fourth-order valence-electron chi connectivity index (χ4n) is 3.63. The van der Waals surface area contributed by atoms with Crippen molar-refractivity contribution in [2.24, 2.45) is 0 Å². The average Bonchev–Trinajstić information content (AvgIpc) is 2.93. The van der Waals surface area contributed by atoms with Gasteiger partial charge in [0.15, 0.2) is 0 Å². The average molecular weight is 420 g/mol. The van der Waals surface area contributed by atoms with Crippen molar-refractivity contribution in [3.8, 4) is 0 Å². The normalized spacial score (nSPS) is 18.7. The lowest BCUT2D eigenvalue weighted by molar-refractivity contribution is -0.134. The second-order valence-corrected chi connectivity index (χ2v) is 6.98. The van der Waals surface area contributed by atoms with E-state index in [9.17, 15) is 14.4 Å². The number of nitrogens with one attached hydrogen (secondary N) is 1. The molecule has 0 aliphatic carbocycles. The highest BCUT2D eigenvalue weighted by Gasteiger charge is 2.38. The molecule has 0 aromatic heterocycles. The van der Waals surface area contributed by atoms with Gasteiger partial charge in [0.2, 0.25) is 5.91 Å². The summed E-state index contributed by atoms with van der Waals surface area (Å²) in [7, 11) is 0. The largest absolute Gasteiger partial charge is 0.331 e. The molecule has 146 valence electrons. The van der Waals surface area contributed by atoms with E-state index in [2.05, 4.69) is 5.32 Å². The molecule has 1 unspecified atom stereocenters. The van der Waals surface area contributed by atoms with Gasteiger partial charge in [-0.3, -0.25) is 19.3 Å². The third kappa shape index (κ3) is 3.51. The minimum absolute atomic E-state index is 0. The topological polar surface area (TPSA) is 69.7 Å². The number of piperazine rings is 1. The molecule has 2 heterocycles. The van der Waals surface area contributed by atoms with Crippen LogP contribution in [0.3, 0.4) is 0 Å². The number of carbonyl (C=O) groups is 3. The van der Waals surface area contributed by atoms with Crippen molar-refractivity contribution in [1.29, 1.82) is 0 Å². The zero-order valence-corrected chi connectivity index (χ0v) is 16.5. The lowest BCUT2D eigenvalue weighted by Gasteiger charge is -2.37. The van der Waals surface area contributed by atoms with Crippen LogP contribution in [0.25, 0.3) is 0 Å². The van der Waals surface area contributed by atoms with E-state index < -0.39 is 11.8 Å². The molecule has 0 saturated carbocycles. The highest BCUT2D eigenvalue weighted by molar-refractivity contribution is 6.31. The molecule has 2 aliphatic rings. The lowest BCUT2D eigenvalue weighted by atomic mass is 10.0. The molecule has 0 radical (unpaired) electrons. The van der Waals surface area contributed by atoms with Crippen molar-refractivity contribution < 1.29 is 14.4 Å². The van der Waals surface area contributed by atoms with Crippen LogP contribution in [0.5, 0.6) is 0 Å². The van der Waals surface area contributed by atoms with E-state index in [1.54, 1.807) is 35.2 Å². The van der Waals surface area contributed by atoms with Gasteiger partial charge in [-0.05, 0) is 23.8 Å². The van der Waals surface area contributed by atoms with E-state index >= 15 is 0 Å². The Balaban J connectivity index is 0.00000225. The molecule has 4 rings (SSSR count). The zero-order chi connectivity index (χ0) is 19.0. The summed E-state index contributed by atoms with van der Waals surface area (Å²) in [5.74, 6) is -1.11. The Kier molecular flexibility index (Phi) is 6.03. The summed E-state index contributed by atoms with van der Waals surface area (Å²) in [4.78, 5) is 40.8. The van der Waals surface area contributed by atoms with Crippen LogP contribution in [0.15, 0.2) is 48.5 Å². The van der Waals surface area contributed by atoms with Crippen molar-refractivity contribution in [3.05, 3.63) is 70.2 Å². The molecule has 2 aliphatic heterocycles. The van der Waals surface area contributed by atoms with E-state index in [1.165, 1.54) is 0 Å². The van der Waals surface area contributed by atoms with Gasteiger partial charge in [-0.25, -0.2) is 0 Å². The van der Waals surface area contributed by atoms with Crippen LogP contribution < -0.4 is 5.32 Å². The summed E-state index contributed by atoms with van der Waals surface area (Å²) < 4.78 is 0. The summed E-state index contributed by atoms with van der Waals surface area (Å²) in [5.41, 5.74) is 1.54. The molecular formula is C20H19Cl2N3O3. The first-order valence-electron chi connectivity index (χ1n) is 8.78. The van der Waals surface area contributed by atoms with Gasteiger partial charge < -0.3 is 10.2 Å². The smallest absolute Gasteiger partial charge is 0.262 e. The molecule has 28 heavy (non-hydrogen) atoms. The van der Waals surface area contributed by atoms with E-state index in [0.717, 1.165) is 10.5 Å². The van der Waals surface area contributed by atoms with E-state index in [0.29, 0.717) is 35.8 Å². The number of benzene rings is 2. The van der Waals surface area contributed by atoms with Crippen LogP contribution in [0.2, 0.25) is 5.02 Å². The molecule has 2 aromatic rings. The number of halogens is 2. The van der Waals surface area contributed by atoms with Crippen molar-refractivity contribution >= 4 is 41.7 Å². The van der Waals surface area contributed by atoms with Crippen LogP contribution in [-0.4, -0.2) is 53.7 Å². The van der Waals surface area contributed by atoms with Gasteiger partial charge in [-0.2, -0.15) is 0 Å². The number of hydrogen-bond acceptors (Lipinski definition) is 4. The Morgan fingerprint density at radius 3 is 2.29 bits per heavy atom. The van der Waals surface area contributed by atoms with Gasteiger partial charge in [0.1, 0.15) is 6.54 Å². The highest BCUT2D eigenvalue weighted by atomic mass is 35.5. The quantitative estimate of drug-likeness (QED) is 0.775. The Hall–Kier alpha value is -2.41. The minimum atomic E-state index is -0.423. The minimum Gasteiger partial charge on any atom is -0.331 e. The second kappa shape index (κ2) is 8.31. The summed E-state index contributed by atoms with van der Waals surface area (Å²) in [6.07, 6.45) is 0. The molecule has 6 nitrogen and oxygen atoms in total. The van der Waals surface area contributed by atoms with Crippen molar-refractivity contribution in [2.45, 2.75) is 6.04 Å². The highest BCUT2D eigenvalue weighted by Crippen LogP contribution is 2.29. The Bertz CT molecular complexity index is 899. The van der Waals surface area contributed by atoms with Gasteiger partial charge in [0.05, 0.1) is 17.2 Å². The molecule has 1 atom stereocenters. The van der Waals surface area contributed by atoms with Gasteiger partial charge in [0.25, 0.3) is 11.8 Å². The molecule has 3 amide bonds. The van der Waals surface area contributed by atoms with Gasteiger partial charge in [0, 0.05) is 24.7 Å². The Morgan fingerprint density at radius 2 is 1.64 bits per heavy atom. The molecule has 8 heteroatoms. The molecule has 1 fully saturated rings. The number of fused-ring (bicyclic) bond motifs is 1. The first-order chi connectivity index (χ1) is 13.1. The third-order valence-electron chi connectivity index (χ3n) is 5.00. The number of amides is 3. The van der Waals surface area contributed by atoms with Crippen LogP contribution >= 0.6 is 24.0 Å². The van der Waals surface area contributed by atoms with Crippen LogP contribution in [-0.2, 0) is 4.79 Å². The van der Waals surface area contributed by atoms with Crippen molar-refractivity contribution in [2.75, 3.05) is 26.2 Å². The van der Waals surface area contributed by atoms with Gasteiger partial charge in [-0.1, -0.05) is 41.9 Å². The summed E-state index contributed by atoms with van der Waals surface area (Å²) in [6.45, 7) is 1.43. The fourth-order valence-corrected chi connectivity index (χ4v) is 3.90. The maximum absolute atomic E-state index is 13.0. The predicted molar refractivity (Wildman–Crippen MR) is 108 cm³/mol. The Labute approximate surface area is 173 Å². The fraction of sp³-hybridized carbons (Fsp3) is 0.250. The summed E-state index contributed by atoms with van der Waals surface area (Å²) in [5, 5.41) is 3.86. The monoisotopic (exact) mass is 419 g/mol. The SMILES string of the molecule is Cl.O=C1c2ccccc2C(=O)N1CC(=O)N1CCNCC1c1ccccc1Cl. The Morgan fingerprint density at radius 1 is 1.04 bits per heavy atom. The van der Waals surface area contributed by atoms with E-state index in [1.807, 2.05) is 18.2 Å². The van der Waals surface area contributed by atoms with E-state index in [4.69, 9.17) is 11.6 Å². The van der Waals surface area contributed by atoms with Gasteiger partial charge in [-0.15, -0.1) is 12.4 Å². The molecule has 0 bridgehead atoms. The first kappa shape index (κ1) is 20.3. The van der Waals surface area contributed by atoms with Crippen LogP contribution in [0.4, 0.5) is 0 Å². The predicted octanol–water partition coefficient (Wildman–Crippen LogP) is 2.53. The number of imide groups is 1. The van der Waals surface area contributed by atoms with Crippen LogP contribution in [0.1, 0.15) is 32.3 Å². The molecule has 2 aromatic carbocycles. The number of rotatable bonds is 3. The van der Waals surface area contributed by atoms with Crippen molar-refractivity contribution in [3.63, 3.8) is 0 Å². The maximum Gasteiger partial charge on any atom is 0.262 e. The zero-order valence-electron chi connectivity index (χ0n) is 14.9. The first-order valence-corrected chi connectivity index (χ1v) is 9.15. The second-order valence-electron chi connectivity index (χ2n) is 6.57. The third-order valence-corrected chi connectivity index (χ3v) is 5.34. The number of carbonyl (C=O) groups excluding carboxylic acids is 3. The number of hydrogen-bond donors (Lipinski definition) is 1. The van der Waals surface area contributed by atoms with Gasteiger partial charge >= 0.3 is 0 Å². The van der Waals surface area contributed by atoms with Crippen LogP contribution in [0, 0.1) is 0 Å². The summed E-state index contributed by atoms with van der Waals surface area (Å²) >= 11 is 6.32. The van der Waals surface area contributed by atoms with Crippen molar-refractivity contribution in [1.82, 2.24) is 15.1 Å². The number of nitrogens with zero attached hydrogens (tertiary/aromatic N) is 2. The summed E-state index contributed by atoms with van der Waals surface area (Å²) in [6, 6.07) is 13.8. The molecule has 1 saturated heterocycles. The molecular weight excluding hydrogens is 401 g/mol. The molecule has 1 N–H and O–H groups in total. The standard InChI is InChI=1S/C20H18ClN3O3.ClH/c21-16-8-4-3-7-15(16)17-11-22-9-10-23(17)18(25)12-24-19(26)13-5-1-2-6-14(13)20(24)27;/h1-8,17,22H,9-12H2;1H. The molecule has 0 spiro atoms. The lowest BCUT2D eigenvalue weighted by Crippen LogP contribution is -2.52. The van der Waals surface area contributed by atoms with E-state index in [-0.39, 0.29) is 30.9 Å².